The molecule has 0 aliphatic carbocycles. The summed E-state index contributed by atoms with van der Waals surface area (Å²) in [5.41, 5.74) is 1.28. The minimum absolute atomic E-state index is 0.119. The lowest BCUT2D eigenvalue weighted by atomic mass is 9.95. The Morgan fingerprint density at radius 3 is 2.76 bits per heavy atom. The predicted molar refractivity (Wildman–Crippen MR) is 103 cm³/mol. The maximum absolute atomic E-state index is 12.3. The van der Waals surface area contributed by atoms with Crippen molar-refractivity contribution in [1.82, 2.24) is 20.6 Å². The van der Waals surface area contributed by atoms with Crippen molar-refractivity contribution in [2.24, 2.45) is 5.92 Å². The zero-order valence-electron chi connectivity index (χ0n) is 15.3. The largest absolute Gasteiger partial charge is 0.356 e. The molecule has 0 bridgehead atoms. The van der Waals surface area contributed by atoms with Crippen molar-refractivity contribution in [2.75, 3.05) is 38.1 Å². The first-order chi connectivity index (χ1) is 12.1. The summed E-state index contributed by atoms with van der Waals surface area (Å²) in [6.07, 6.45) is 4.39. The van der Waals surface area contributed by atoms with Crippen molar-refractivity contribution in [2.45, 2.75) is 33.1 Å². The molecule has 3 rings (SSSR count). The molecule has 1 aliphatic rings. The molecular weight excluding hydrogens is 334 g/mol. The van der Waals surface area contributed by atoms with E-state index < -0.39 is 0 Å². The number of piperidine rings is 1. The van der Waals surface area contributed by atoms with Crippen LogP contribution in [-0.4, -0.2) is 49.1 Å². The number of rotatable bonds is 6. The molecule has 1 amide bonds. The molecule has 2 aromatic heterocycles. The number of carbonyl (C=O) groups is 1. The van der Waals surface area contributed by atoms with Crippen molar-refractivity contribution in [3.8, 4) is 0 Å². The molecule has 0 spiro atoms. The van der Waals surface area contributed by atoms with Crippen LogP contribution >= 0.6 is 11.3 Å². The minimum atomic E-state index is 0.119. The van der Waals surface area contributed by atoms with Crippen molar-refractivity contribution >= 4 is 33.3 Å². The van der Waals surface area contributed by atoms with Crippen LogP contribution in [0.1, 0.15) is 29.7 Å². The highest BCUT2D eigenvalue weighted by Gasteiger charge is 2.27. The Balaban J connectivity index is 1.62. The lowest BCUT2D eigenvalue weighted by Crippen LogP contribution is -2.41. The fourth-order valence-electron chi connectivity index (χ4n) is 3.38. The molecule has 25 heavy (non-hydrogen) atoms. The van der Waals surface area contributed by atoms with E-state index in [1.807, 2.05) is 7.05 Å². The molecule has 1 saturated heterocycles. The van der Waals surface area contributed by atoms with Crippen molar-refractivity contribution < 1.29 is 4.79 Å². The number of carbonyl (C=O) groups excluding carboxylic acids is 1. The Kier molecular flexibility index (Phi) is 5.86. The molecule has 1 aliphatic heterocycles. The maximum Gasteiger partial charge on any atom is 0.223 e. The molecule has 2 N–H and O–H groups in total. The van der Waals surface area contributed by atoms with E-state index in [1.165, 1.54) is 15.8 Å². The Morgan fingerprint density at radius 2 is 2.04 bits per heavy atom. The first-order valence-corrected chi connectivity index (χ1v) is 9.81. The highest BCUT2D eigenvalue weighted by molar-refractivity contribution is 7.18. The van der Waals surface area contributed by atoms with Gasteiger partial charge in [-0.05, 0) is 52.3 Å². The predicted octanol–water partition coefficient (Wildman–Crippen LogP) is 2.25. The number of nitrogens with one attached hydrogen (secondary N) is 2. The molecule has 0 radical (unpaired) electrons. The Labute approximate surface area is 153 Å². The second-order valence-electron chi connectivity index (χ2n) is 6.67. The third kappa shape index (κ3) is 3.93. The zero-order chi connectivity index (χ0) is 17.8. The van der Waals surface area contributed by atoms with Crippen molar-refractivity contribution in [1.29, 1.82) is 0 Å². The van der Waals surface area contributed by atoms with E-state index in [0.717, 1.165) is 56.1 Å². The second kappa shape index (κ2) is 8.10. The van der Waals surface area contributed by atoms with Gasteiger partial charge in [-0.1, -0.05) is 0 Å². The Bertz CT molecular complexity index is 736. The summed E-state index contributed by atoms with van der Waals surface area (Å²) in [6.45, 7) is 7.70. The average Bonchev–Trinajstić information content (AvgIpc) is 2.93. The topological polar surface area (TPSA) is 70.2 Å². The molecule has 136 valence electrons. The van der Waals surface area contributed by atoms with Gasteiger partial charge in [-0.2, -0.15) is 0 Å². The van der Waals surface area contributed by atoms with Crippen LogP contribution in [0.15, 0.2) is 6.33 Å². The van der Waals surface area contributed by atoms with Crippen LogP contribution < -0.4 is 15.5 Å². The lowest BCUT2D eigenvalue weighted by Gasteiger charge is -2.32. The summed E-state index contributed by atoms with van der Waals surface area (Å²) in [7, 11) is 1.93. The van der Waals surface area contributed by atoms with E-state index in [2.05, 4.69) is 39.3 Å². The van der Waals surface area contributed by atoms with E-state index in [9.17, 15) is 4.79 Å². The average molecular weight is 362 g/mol. The van der Waals surface area contributed by atoms with Gasteiger partial charge >= 0.3 is 0 Å². The van der Waals surface area contributed by atoms with Crippen LogP contribution in [0.3, 0.4) is 0 Å². The van der Waals surface area contributed by atoms with Crippen molar-refractivity contribution in [3.63, 3.8) is 0 Å². The lowest BCUT2D eigenvalue weighted by molar-refractivity contribution is -0.125. The zero-order valence-corrected chi connectivity index (χ0v) is 16.1. The Morgan fingerprint density at radius 1 is 1.28 bits per heavy atom. The van der Waals surface area contributed by atoms with Crippen LogP contribution in [-0.2, 0) is 4.79 Å². The van der Waals surface area contributed by atoms with E-state index >= 15 is 0 Å². The SMILES string of the molecule is CNCCCNC(=O)C1CCN(c2ncnc3sc(C)c(C)c23)CC1. The molecule has 7 heteroatoms. The maximum atomic E-state index is 12.3. The van der Waals surface area contributed by atoms with E-state index in [4.69, 9.17) is 0 Å². The van der Waals surface area contributed by atoms with Gasteiger partial charge in [0.2, 0.25) is 5.91 Å². The van der Waals surface area contributed by atoms with E-state index in [1.54, 1.807) is 17.7 Å². The quantitative estimate of drug-likeness (QED) is 0.772. The number of hydrogen-bond acceptors (Lipinski definition) is 6. The molecule has 3 heterocycles. The van der Waals surface area contributed by atoms with Gasteiger partial charge < -0.3 is 15.5 Å². The third-order valence-electron chi connectivity index (χ3n) is 5.01. The van der Waals surface area contributed by atoms with Gasteiger partial charge in [-0.15, -0.1) is 11.3 Å². The molecular formula is C18H27N5OS. The van der Waals surface area contributed by atoms with Crippen LogP contribution in [0, 0.1) is 19.8 Å². The number of nitrogens with zero attached hydrogens (tertiary/aromatic N) is 3. The molecule has 0 unspecified atom stereocenters. The van der Waals surface area contributed by atoms with E-state index in [-0.39, 0.29) is 11.8 Å². The van der Waals surface area contributed by atoms with Gasteiger partial charge in [0.1, 0.15) is 17.0 Å². The number of aryl methyl sites for hydroxylation is 2. The summed E-state index contributed by atoms with van der Waals surface area (Å²) in [4.78, 5) is 26.0. The van der Waals surface area contributed by atoms with Gasteiger partial charge in [0, 0.05) is 30.4 Å². The molecule has 2 aromatic rings. The number of amides is 1. The summed E-state index contributed by atoms with van der Waals surface area (Å²) in [6, 6.07) is 0. The summed E-state index contributed by atoms with van der Waals surface area (Å²) < 4.78 is 0. The number of aromatic nitrogens is 2. The van der Waals surface area contributed by atoms with Crippen LogP contribution in [0.25, 0.3) is 10.2 Å². The summed E-state index contributed by atoms with van der Waals surface area (Å²) >= 11 is 1.73. The fraction of sp³-hybridized carbons (Fsp3) is 0.611. The Hall–Kier alpha value is -1.73. The summed E-state index contributed by atoms with van der Waals surface area (Å²) in [5.74, 6) is 1.35. The van der Waals surface area contributed by atoms with Gasteiger partial charge in [-0.25, -0.2) is 9.97 Å². The monoisotopic (exact) mass is 361 g/mol. The number of thiophene rings is 1. The minimum Gasteiger partial charge on any atom is -0.356 e. The highest BCUT2D eigenvalue weighted by Crippen LogP contribution is 2.35. The third-order valence-corrected chi connectivity index (χ3v) is 6.13. The summed E-state index contributed by atoms with van der Waals surface area (Å²) in [5, 5.41) is 7.34. The van der Waals surface area contributed by atoms with Gasteiger partial charge in [0.05, 0.1) is 5.39 Å². The normalized spacial score (nSPS) is 15.7. The molecule has 0 aromatic carbocycles. The van der Waals surface area contributed by atoms with Crippen LogP contribution in [0.4, 0.5) is 5.82 Å². The molecule has 0 saturated carbocycles. The first-order valence-electron chi connectivity index (χ1n) is 8.99. The highest BCUT2D eigenvalue weighted by atomic mass is 32.1. The number of hydrogen-bond donors (Lipinski definition) is 2. The van der Waals surface area contributed by atoms with Gasteiger partial charge in [-0.3, -0.25) is 4.79 Å². The molecule has 0 atom stereocenters. The smallest absolute Gasteiger partial charge is 0.223 e. The second-order valence-corrected chi connectivity index (χ2v) is 7.87. The number of fused-ring (bicyclic) bond motifs is 1. The standard InChI is InChI=1S/C18H27N5OS/c1-12-13(2)25-18-15(12)16(21-11-22-18)23-9-5-14(6-10-23)17(24)20-8-4-7-19-3/h11,14,19H,4-10H2,1-3H3,(H,20,24). The fourth-order valence-corrected chi connectivity index (χ4v) is 4.37. The van der Waals surface area contributed by atoms with Crippen LogP contribution in [0.5, 0.6) is 0 Å². The number of anilines is 1. The van der Waals surface area contributed by atoms with Crippen LogP contribution in [0.2, 0.25) is 0 Å². The van der Waals surface area contributed by atoms with Gasteiger partial charge in [0.15, 0.2) is 0 Å². The first kappa shape index (κ1) is 18.1. The molecule has 6 nitrogen and oxygen atoms in total. The van der Waals surface area contributed by atoms with E-state index in [0.29, 0.717) is 0 Å². The molecule has 1 fully saturated rings. The van der Waals surface area contributed by atoms with Gasteiger partial charge in [0.25, 0.3) is 0 Å². The van der Waals surface area contributed by atoms with Crippen molar-refractivity contribution in [3.05, 3.63) is 16.8 Å².